The first-order valence-electron chi connectivity index (χ1n) is 6.38. The second kappa shape index (κ2) is 5.16. The molecule has 1 heteroatoms. The van der Waals surface area contributed by atoms with E-state index in [1.807, 2.05) is 0 Å². The Morgan fingerprint density at radius 3 is 2.60 bits per heavy atom. The molecule has 0 saturated heterocycles. The van der Waals surface area contributed by atoms with Crippen molar-refractivity contribution in [3.8, 4) is 0 Å². The minimum atomic E-state index is 0.476. The van der Waals surface area contributed by atoms with Crippen LogP contribution in [0.2, 0.25) is 0 Å². The van der Waals surface area contributed by atoms with E-state index in [0.29, 0.717) is 11.5 Å². The van der Waals surface area contributed by atoms with E-state index in [1.165, 1.54) is 31.3 Å². The monoisotopic (exact) mass is 209 g/mol. The van der Waals surface area contributed by atoms with Gasteiger partial charge < -0.3 is 5.32 Å². The first kappa shape index (κ1) is 12.8. The van der Waals surface area contributed by atoms with Crippen LogP contribution in [0.15, 0.2) is 12.2 Å². The fourth-order valence-corrected chi connectivity index (χ4v) is 3.02. The summed E-state index contributed by atoms with van der Waals surface area (Å²) in [6, 6.07) is 0.519. The Kier molecular flexibility index (Phi) is 4.39. The molecule has 1 aliphatic carbocycles. The summed E-state index contributed by atoms with van der Waals surface area (Å²) in [6.07, 6.45) is 5.52. The first-order valence-corrected chi connectivity index (χ1v) is 6.38. The van der Waals surface area contributed by atoms with Crippen LogP contribution in [-0.2, 0) is 0 Å². The second-order valence-corrected chi connectivity index (χ2v) is 5.72. The topological polar surface area (TPSA) is 12.0 Å². The molecule has 1 aliphatic rings. The molecule has 2 atom stereocenters. The van der Waals surface area contributed by atoms with E-state index in [9.17, 15) is 0 Å². The minimum absolute atomic E-state index is 0.476. The van der Waals surface area contributed by atoms with Gasteiger partial charge >= 0.3 is 0 Å². The summed E-state index contributed by atoms with van der Waals surface area (Å²) < 4.78 is 0. The fraction of sp³-hybridized carbons (Fsp3) is 0.857. The molecule has 0 bridgehead atoms. The zero-order valence-electron chi connectivity index (χ0n) is 10.9. The van der Waals surface area contributed by atoms with E-state index in [-0.39, 0.29) is 0 Å². The van der Waals surface area contributed by atoms with Gasteiger partial charge in [0.15, 0.2) is 0 Å². The van der Waals surface area contributed by atoms with Crippen molar-refractivity contribution in [3.63, 3.8) is 0 Å². The third-order valence-electron chi connectivity index (χ3n) is 3.95. The van der Waals surface area contributed by atoms with E-state index >= 15 is 0 Å². The molecule has 1 fully saturated rings. The van der Waals surface area contributed by atoms with Crippen LogP contribution < -0.4 is 5.32 Å². The van der Waals surface area contributed by atoms with Gasteiger partial charge in [0, 0.05) is 6.04 Å². The van der Waals surface area contributed by atoms with Crippen LogP contribution in [0.1, 0.15) is 53.4 Å². The maximum absolute atomic E-state index is 4.15. The molecular formula is C14H27N. The van der Waals surface area contributed by atoms with E-state index < -0.39 is 0 Å². The molecule has 0 aromatic heterocycles. The molecule has 1 rings (SSSR count). The molecule has 1 nitrogen and oxygen atoms in total. The smallest absolute Gasteiger partial charge is 0.0307 e. The highest BCUT2D eigenvalue weighted by Gasteiger charge is 2.37. The van der Waals surface area contributed by atoms with Crippen LogP contribution in [-0.4, -0.2) is 12.6 Å². The zero-order chi connectivity index (χ0) is 11.5. The normalized spacial score (nSPS) is 27.3. The molecule has 0 amide bonds. The van der Waals surface area contributed by atoms with Gasteiger partial charge in [-0.05, 0) is 37.6 Å². The molecule has 0 heterocycles. The van der Waals surface area contributed by atoms with Gasteiger partial charge in [-0.15, -0.1) is 0 Å². The van der Waals surface area contributed by atoms with E-state index in [1.54, 1.807) is 0 Å². The molecule has 88 valence electrons. The lowest BCUT2D eigenvalue weighted by atomic mass is 9.65. The molecule has 0 aliphatic heterocycles. The zero-order valence-corrected chi connectivity index (χ0v) is 10.9. The van der Waals surface area contributed by atoms with Gasteiger partial charge in [0.1, 0.15) is 0 Å². The van der Waals surface area contributed by atoms with E-state index in [4.69, 9.17) is 0 Å². The molecule has 0 aromatic rings. The van der Waals surface area contributed by atoms with Gasteiger partial charge in [0.2, 0.25) is 0 Å². The van der Waals surface area contributed by atoms with Gasteiger partial charge in [-0.1, -0.05) is 45.8 Å². The van der Waals surface area contributed by atoms with Crippen molar-refractivity contribution in [2.24, 2.45) is 11.3 Å². The minimum Gasteiger partial charge on any atom is -0.310 e. The predicted molar refractivity (Wildman–Crippen MR) is 68.0 cm³/mol. The summed E-state index contributed by atoms with van der Waals surface area (Å²) in [5, 5.41) is 3.61. The number of likely N-dealkylation sites (N-methyl/N-ethyl adjacent to an activating group) is 1. The molecule has 1 saturated carbocycles. The third-order valence-corrected chi connectivity index (χ3v) is 3.95. The van der Waals surface area contributed by atoms with Gasteiger partial charge in [0.05, 0.1) is 0 Å². The van der Waals surface area contributed by atoms with Crippen LogP contribution in [0.25, 0.3) is 0 Å². The average Bonchev–Trinajstić information content (AvgIpc) is 2.14. The van der Waals surface area contributed by atoms with Crippen molar-refractivity contribution in [2.75, 3.05) is 6.54 Å². The first-order chi connectivity index (χ1) is 6.99. The lowest BCUT2D eigenvalue weighted by Gasteiger charge is -2.44. The third kappa shape index (κ3) is 3.07. The number of nitrogens with one attached hydrogen (secondary N) is 1. The van der Waals surface area contributed by atoms with Crippen LogP contribution in [0, 0.1) is 11.3 Å². The molecule has 15 heavy (non-hydrogen) atoms. The standard InChI is InChI=1S/C14H27N/c1-6-15-13(11(2)3)12-9-7-8-10-14(12,4)5/h12-13,15H,2,6-10H2,1,3-5H3. The second-order valence-electron chi connectivity index (χ2n) is 5.72. The largest absolute Gasteiger partial charge is 0.310 e. The number of hydrogen-bond acceptors (Lipinski definition) is 1. The average molecular weight is 209 g/mol. The van der Waals surface area contributed by atoms with E-state index in [2.05, 4.69) is 39.6 Å². The lowest BCUT2D eigenvalue weighted by molar-refractivity contribution is 0.111. The Hall–Kier alpha value is -0.300. The summed E-state index contributed by atoms with van der Waals surface area (Å²) in [5.74, 6) is 0.767. The van der Waals surface area contributed by atoms with Crippen molar-refractivity contribution in [2.45, 2.75) is 59.4 Å². The Labute approximate surface area is 95.3 Å². The maximum Gasteiger partial charge on any atom is 0.0307 e. The van der Waals surface area contributed by atoms with Crippen LogP contribution in [0.4, 0.5) is 0 Å². The molecular weight excluding hydrogens is 182 g/mol. The van der Waals surface area contributed by atoms with Gasteiger partial charge in [-0.25, -0.2) is 0 Å². The number of rotatable bonds is 4. The fourth-order valence-electron chi connectivity index (χ4n) is 3.02. The summed E-state index contributed by atoms with van der Waals surface area (Å²) in [4.78, 5) is 0. The quantitative estimate of drug-likeness (QED) is 0.695. The van der Waals surface area contributed by atoms with Crippen molar-refractivity contribution in [3.05, 3.63) is 12.2 Å². The maximum atomic E-state index is 4.15. The molecule has 1 N–H and O–H groups in total. The van der Waals surface area contributed by atoms with E-state index in [0.717, 1.165) is 12.5 Å². The number of hydrogen-bond donors (Lipinski definition) is 1. The molecule has 0 spiro atoms. The Balaban J connectivity index is 2.76. The summed E-state index contributed by atoms with van der Waals surface area (Å²) in [7, 11) is 0. The summed E-state index contributed by atoms with van der Waals surface area (Å²) in [6.45, 7) is 14.4. The Morgan fingerprint density at radius 2 is 2.13 bits per heavy atom. The molecule has 2 unspecified atom stereocenters. The molecule has 0 aromatic carbocycles. The molecule has 0 radical (unpaired) electrons. The highest BCUT2D eigenvalue weighted by atomic mass is 14.9. The van der Waals surface area contributed by atoms with Crippen molar-refractivity contribution in [1.29, 1.82) is 0 Å². The van der Waals surface area contributed by atoms with Crippen LogP contribution in [0.3, 0.4) is 0 Å². The lowest BCUT2D eigenvalue weighted by Crippen LogP contribution is -2.45. The van der Waals surface area contributed by atoms with Crippen molar-refractivity contribution in [1.82, 2.24) is 5.32 Å². The SMILES string of the molecule is C=C(C)C(NCC)C1CCCCC1(C)C. The highest BCUT2D eigenvalue weighted by Crippen LogP contribution is 2.43. The predicted octanol–water partition coefficient (Wildman–Crippen LogP) is 3.76. The highest BCUT2D eigenvalue weighted by molar-refractivity contribution is 5.07. The van der Waals surface area contributed by atoms with Gasteiger partial charge in [-0.3, -0.25) is 0 Å². The van der Waals surface area contributed by atoms with Gasteiger partial charge in [0.25, 0.3) is 0 Å². The Morgan fingerprint density at radius 1 is 1.47 bits per heavy atom. The Bertz CT molecular complexity index is 217. The van der Waals surface area contributed by atoms with Gasteiger partial charge in [-0.2, -0.15) is 0 Å². The van der Waals surface area contributed by atoms with Crippen molar-refractivity contribution >= 4 is 0 Å². The van der Waals surface area contributed by atoms with Crippen molar-refractivity contribution < 1.29 is 0 Å². The summed E-state index contributed by atoms with van der Waals surface area (Å²) in [5.41, 5.74) is 1.78. The van der Waals surface area contributed by atoms with Crippen LogP contribution >= 0.6 is 0 Å². The van der Waals surface area contributed by atoms with Crippen LogP contribution in [0.5, 0.6) is 0 Å². The summed E-state index contributed by atoms with van der Waals surface area (Å²) >= 11 is 0.